The first-order valence-corrected chi connectivity index (χ1v) is 8.84. The van der Waals surface area contributed by atoms with E-state index in [-0.39, 0.29) is 42.1 Å². The highest BCUT2D eigenvalue weighted by atomic mass is 16.5. The predicted octanol–water partition coefficient (Wildman–Crippen LogP) is 0.809. The maximum atomic E-state index is 12.3. The molecule has 2 heterocycles. The van der Waals surface area contributed by atoms with Gasteiger partial charge in [0.1, 0.15) is 5.75 Å². The Labute approximate surface area is 153 Å². The fourth-order valence-corrected chi connectivity index (χ4v) is 4.11. The zero-order chi connectivity index (χ0) is 18.8. The number of hydrogen-bond donors (Lipinski definition) is 1. The van der Waals surface area contributed by atoms with E-state index in [2.05, 4.69) is 5.32 Å². The van der Waals surface area contributed by atoms with Crippen LogP contribution in [-0.4, -0.2) is 60.8 Å². The summed E-state index contributed by atoms with van der Waals surface area (Å²) in [5, 5.41) is 2.56. The van der Waals surface area contributed by atoms with Gasteiger partial charge in [-0.2, -0.15) is 0 Å². The maximum Gasteiger partial charge on any atom is 0.241 e. The van der Waals surface area contributed by atoms with Gasteiger partial charge in [0.05, 0.1) is 19.7 Å². The number of carbonyl (C=O) groups is 3. The van der Waals surface area contributed by atoms with E-state index in [1.807, 2.05) is 29.2 Å². The highest BCUT2D eigenvalue weighted by Crippen LogP contribution is 2.45. The zero-order valence-corrected chi connectivity index (χ0v) is 15.4. The number of ether oxygens (including phenoxy) is 1. The third kappa shape index (κ3) is 3.52. The summed E-state index contributed by atoms with van der Waals surface area (Å²) in [5.74, 6) is 1.00. The van der Waals surface area contributed by atoms with E-state index >= 15 is 0 Å². The van der Waals surface area contributed by atoms with Crippen LogP contribution in [0.5, 0.6) is 5.75 Å². The molecule has 1 aromatic carbocycles. The van der Waals surface area contributed by atoms with Crippen molar-refractivity contribution in [3.63, 3.8) is 0 Å². The number of amides is 3. The third-order valence-corrected chi connectivity index (χ3v) is 5.37. The fourth-order valence-electron chi connectivity index (χ4n) is 4.11. The summed E-state index contributed by atoms with van der Waals surface area (Å²) in [6, 6.07) is 7.74. The van der Waals surface area contributed by atoms with Crippen LogP contribution in [0.15, 0.2) is 24.3 Å². The number of hydrogen-bond acceptors (Lipinski definition) is 4. The molecule has 2 saturated heterocycles. The second kappa shape index (κ2) is 7.35. The van der Waals surface area contributed by atoms with Gasteiger partial charge in [0, 0.05) is 45.3 Å². The topological polar surface area (TPSA) is 79.0 Å². The fraction of sp³-hybridized carbons (Fsp3) is 0.526. The maximum absolute atomic E-state index is 12.3. The molecule has 0 aromatic heterocycles. The van der Waals surface area contributed by atoms with E-state index in [4.69, 9.17) is 4.74 Å². The Morgan fingerprint density at radius 1 is 1.12 bits per heavy atom. The van der Waals surface area contributed by atoms with Gasteiger partial charge < -0.3 is 19.9 Å². The van der Waals surface area contributed by atoms with Crippen LogP contribution in [0.25, 0.3) is 0 Å². The number of nitrogens with one attached hydrogen (secondary N) is 1. The number of benzene rings is 1. The van der Waals surface area contributed by atoms with Crippen LogP contribution in [0, 0.1) is 11.8 Å². The molecule has 7 heteroatoms. The van der Waals surface area contributed by atoms with Crippen molar-refractivity contribution in [3.8, 4) is 5.75 Å². The van der Waals surface area contributed by atoms with Crippen molar-refractivity contribution >= 4 is 17.7 Å². The summed E-state index contributed by atoms with van der Waals surface area (Å²) in [7, 11) is 1.62. The normalized spacial score (nSPS) is 24.3. The number of nitrogens with zero attached hydrogens (tertiary/aromatic N) is 2. The third-order valence-electron chi connectivity index (χ3n) is 5.37. The Morgan fingerprint density at radius 2 is 1.81 bits per heavy atom. The van der Waals surface area contributed by atoms with Gasteiger partial charge in [0.2, 0.25) is 17.7 Å². The average molecular weight is 359 g/mol. The largest absolute Gasteiger partial charge is 0.497 e. The van der Waals surface area contributed by atoms with Crippen LogP contribution in [-0.2, 0) is 14.4 Å². The predicted molar refractivity (Wildman–Crippen MR) is 95.4 cm³/mol. The molecule has 26 heavy (non-hydrogen) atoms. The number of methoxy groups -OCH3 is 1. The van der Waals surface area contributed by atoms with Crippen molar-refractivity contribution in [3.05, 3.63) is 29.8 Å². The van der Waals surface area contributed by atoms with Gasteiger partial charge in [-0.1, -0.05) is 12.1 Å². The SMILES string of the molecule is COc1ccc([C@H]2[C@@H]3CN(C(=O)CNC(C)=O)C[C@@H]3CN2C(C)=O)cc1. The monoisotopic (exact) mass is 359 g/mol. The molecule has 0 saturated carbocycles. The molecule has 0 spiro atoms. The number of fused-ring (bicyclic) bond motifs is 1. The molecule has 2 aliphatic rings. The Kier molecular flexibility index (Phi) is 5.15. The van der Waals surface area contributed by atoms with E-state index in [1.165, 1.54) is 6.92 Å². The van der Waals surface area contributed by atoms with Crippen LogP contribution in [0.2, 0.25) is 0 Å². The molecule has 140 valence electrons. The molecule has 0 unspecified atom stereocenters. The lowest BCUT2D eigenvalue weighted by Crippen LogP contribution is -2.41. The molecule has 0 aliphatic carbocycles. The smallest absolute Gasteiger partial charge is 0.241 e. The van der Waals surface area contributed by atoms with Crippen LogP contribution < -0.4 is 10.1 Å². The summed E-state index contributed by atoms with van der Waals surface area (Å²) >= 11 is 0. The molecule has 2 fully saturated rings. The highest BCUT2D eigenvalue weighted by molar-refractivity contribution is 5.84. The van der Waals surface area contributed by atoms with E-state index in [0.29, 0.717) is 19.6 Å². The lowest BCUT2D eigenvalue weighted by atomic mass is 9.89. The lowest BCUT2D eigenvalue weighted by molar-refractivity contribution is -0.133. The van der Waals surface area contributed by atoms with Crippen molar-refractivity contribution in [2.24, 2.45) is 11.8 Å². The van der Waals surface area contributed by atoms with Crippen molar-refractivity contribution in [1.29, 1.82) is 0 Å². The molecule has 3 amide bonds. The molecule has 2 aliphatic heterocycles. The van der Waals surface area contributed by atoms with E-state index < -0.39 is 0 Å². The molecule has 1 N–H and O–H groups in total. The van der Waals surface area contributed by atoms with Gasteiger partial charge in [-0.3, -0.25) is 14.4 Å². The molecular weight excluding hydrogens is 334 g/mol. The molecule has 0 radical (unpaired) electrons. The van der Waals surface area contributed by atoms with Gasteiger partial charge in [-0.15, -0.1) is 0 Å². The quantitative estimate of drug-likeness (QED) is 0.863. The summed E-state index contributed by atoms with van der Waals surface area (Å²) in [4.78, 5) is 39.2. The minimum atomic E-state index is -0.211. The van der Waals surface area contributed by atoms with Crippen LogP contribution >= 0.6 is 0 Å². The van der Waals surface area contributed by atoms with Crippen LogP contribution in [0.3, 0.4) is 0 Å². The van der Waals surface area contributed by atoms with Crippen LogP contribution in [0.4, 0.5) is 0 Å². The minimum Gasteiger partial charge on any atom is -0.497 e. The van der Waals surface area contributed by atoms with Gasteiger partial charge in [0.15, 0.2) is 0 Å². The summed E-state index contributed by atoms with van der Waals surface area (Å²) in [6.07, 6.45) is 0. The molecular formula is C19H25N3O4. The molecule has 0 bridgehead atoms. The standard InChI is InChI=1S/C19H25N3O4/c1-12(23)20-8-18(25)21-9-15-10-22(13(2)24)19(17(15)11-21)14-4-6-16(26-3)7-5-14/h4-7,15,17,19H,8-11H2,1-3H3,(H,20,23)/t15-,17-,19+/m1/s1. The first kappa shape index (κ1) is 18.2. The Bertz CT molecular complexity index is 703. The van der Waals surface area contributed by atoms with Crippen molar-refractivity contribution in [1.82, 2.24) is 15.1 Å². The molecule has 3 rings (SSSR count). The second-order valence-electron chi connectivity index (χ2n) is 7.02. The highest BCUT2D eigenvalue weighted by Gasteiger charge is 2.49. The average Bonchev–Trinajstić information content (AvgIpc) is 3.17. The van der Waals surface area contributed by atoms with Crippen molar-refractivity contribution < 1.29 is 19.1 Å². The Morgan fingerprint density at radius 3 is 2.38 bits per heavy atom. The minimum absolute atomic E-state index is 0.0262. The number of rotatable bonds is 4. The van der Waals surface area contributed by atoms with Crippen molar-refractivity contribution in [2.45, 2.75) is 19.9 Å². The lowest BCUT2D eigenvalue weighted by Gasteiger charge is -2.29. The molecule has 1 aromatic rings. The van der Waals surface area contributed by atoms with Gasteiger partial charge in [-0.05, 0) is 17.7 Å². The second-order valence-corrected chi connectivity index (χ2v) is 7.02. The van der Waals surface area contributed by atoms with Gasteiger partial charge in [0.25, 0.3) is 0 Å². The first-order valence-electron chi connectivity index (χ1n) is 8.84. The van der Waals surface area contributed by atoms with Gasteiger partial charge >= 0.3 is 0 Å². The van der Waals surface area contributed by atoms with E-state index in [1.54, 1.807) is 18.9 Å². The first-order chi connectivity index (χ1) is 12.4. The Balaban J connectivity index is 1.77. The van der Waals surface area contributed by atoms with E-state index in [9.17, 15) is 14.4 Å². The molecule has 3 atom stereocenters. The summed E-state index contributed by atoms with van der Waals surface area (Å²) < 4.78 is 5.22. The van der Waals surface area contributed by atoms with Gasteiger partial charge in [-0.25, -0.2) is 0 Å². The zero-order valence-electron chi connectivity index (χ0n) is 15.4. The van der Waals surface area contributed by atoms with E-state index in [0.717, 1.165) is 11.3 Å². The Hall–Kier alpha value is -2.57. The number of carbonyl (C=O) groups excluding carboxylic acids is 3. The summed E-state index contributed by atoms with van der Waals surface area (Å²) in [6.45, 7) is 4.90. The number of likely N-dealkylation sites (tertiary alicyclic amines) is 2. The summed E-state index contributed by atoms with van der Waals surface area (Å²) in [5.41, 5.74) is 1.06. The van der Waals surface area contributed by atoms with Crippen LogP contribution in [0.1, 0.15) is 25.5 Å². The van der Waals surface area contributed by atoms with Crippen molar-refractivity contribution in [2.75, 3.05) is 33.3 Å². The molecule has 7 nitrogen and oxygen atoms in total.